The zero-order chi connectivity index (χ0) is 12.0. The van der Waals surface area contributed by atoms with Crippen LogP contribution in [0.15, 0.2) is 0 Å². The van der Waals surface area contributed by atoms with Crippen LogP contribution in [0, 0.1) is 17.8 Å². The van der Waals surface area contributed by atoms with Crippen LogP contribution in [0.1, 0.15) is 39.0 Å². The molecule has 0 bridgehead atoms. The van der Waals surface area contributed by atoms with Crippen molar-refractivity contribution >= 4 is 5.91 Å². The lowest BCUT2D eigenvalue weighted by molar-refractivity contribution is -0.136. The fourth-order valence-electron chi connectivity index (χ4n) is 4.08. The molecule has 0 spiro atoms. The van der Waals surface area contributed by atoms with E-state index in [1.165, 1.54) is 32.1 Å². The molecule has 0 radical (unpaired) electrons. The monoisotopic (exact) mass is 236 g/mol. The summed E-state index contributed by atoms with van der Waals surface area (Å²) >= 11 is 0. The molecule has 2 aliphatic carbocycles. The lowest BCUT2D eigenvalue weighted by Crippen LogP contribution is -2.50. The molecule has 1 amide bonds. The first-order valence-electron chi connectivity index (χ1n) is 7.20. The Kier molecular flexibility index (Phi) is 2.89. The summed E-state index contributed by atoms with van der Waals surface area (Å²) in [6.07, 6.45) is 6.35. The van der Waals surface area contributed by atoms with E-state index in [4.69, 9.17) is 0 Å². The molecule has 3 rings (SSSR count). The fourth-order valence-corrected chi connectivity index (χ4v) is 4.08. The highest BCUT2D eigenvalue weighted by Crippen LogP contribution is 2.53. The van der Waals surface area contributed by atoms with Gasteiger partial charge in [0.1, 0.15) is 0 Å². The van der Waals surface area contributed by atoms with Gasteiger partial charge in [-0.2, -0.15) is 0 Å². The second-order valence-electron chi connectivity index (χ2n) is 6.22. The predicted molar refractivity (Wildman–Crippen MR) is 67.6 cm³/mol. The Hall–Kier alpha value is -0.570. The Bertz CT molecular complexity index is 317. The van der Waals surface area contributed by atoms with Gasteiger partial charge in [-0.15, -0.1) is 0 Å². The number of hydrogen-bond acceptors (Lipinski definition) is 2. The molecule has 1 saturated heterocycles. The second kappa shape index (κ2) is 4.27. The van der Waals surface area contributed by atoms with Crippen molar-refractivity contribution in [1.29, 1.82) is 0 Å². The van der Waals surface area contributed by atoms with Crippen LogP contribution in [-0.2, 0) is 4.79 Å². The molecule has 2 saturated carbocycles. The quantitative estimate of drug-likeness (QED) is 0.790. The summed E-state index contributed by atoms with van der Waals surface area (Å²) in [4.78, 5) is 14.8. The Morgan fingerprint density at radius 2 is 2.12 bits per heavy atom. The van der Waals surface area contributed by atoms with Gasteiger partial charge in [-0.3, -0.25) is 4.79 Å². The summed E-state index contributed by atoms with van der Waals surface area (Å²) < 4.78 is 0. The van der Waals surface area contributed by atoms with Crippen LogP contribution in [0.3, 0.4) is 0 Å². The highest BCUT2D eigenvalue weighted by molar-refractivity contribution is 5.83. The van der Waals surface area contributed by atoms with Crippen molar-refractivity contribution in [2.24, 2.45) is 17.8 Å². The summed E-state index contributed by atoms with van der Waals surface area (Å²) in [5, 5.41) is 3.23. The fraction of sp³-hybridized carbons (Fsp3) is 0.929. The van der Waals surface area contributed by atoms with Crippen molar-refractivity contribution in [2.45, 2.75) is 51.1 Å². The molecule has 3 aliphatic rings. The third-order valence-electron chi connectivity index (χ3n) is 5.19. The predicted octanol–water partition coefficient (Wildman–Crippen LogP) is 1.63. The largest absolute Gasteiger partial charge is 0.338 e. The minimum absolute atomic E-state index is 0.0512. The number of rotatable bonds is 2. The number of carbonyl (C=O) groups is 1. The molecule has 1 heterocycles. The molecule has 17 heavy (non-hydrogen) atoms. The topological polar surface area (TPSA) is 32.3 Å². The maximum Gasteiger partial charge on any atom is 0.240 e. The Labute approximate surface area is 104 Å². The van der Waals surface area contributed by atoms with Gasteiger partial charge in [0, 0.05) is 12.6 Å². The van der Waals surface area contributed by atoms with Gasteiger partial charge in [0.15, 0.2) is 0 Å². The average Bonchev–Trinajstić information content (AvgIpc) is 3.01. The van der Waals surface area contributed by atoms with Crippen LogP contribution in [0.4, 0.5) is 0 Å². The summed E-state index contributed by atoms with van der Waals surface area (Å²) in [6, 6.07) is 0.629. The molecule has 1 N–H and O–H groups in total. The summed E-state index contributed by atoms with van der Waals surface area (Å²) in [6.45, 7) is 3.20. The van der Waals surface area contributed by atoms with Crippen LogP contribution in [0.25, 0.3) is 0 Å². The van der Waals surface area contributed by atoms with Crippen molar-refractivity contribution in [3.63, 3.8) is 0 Å². The van der Waals surface area contributed by atoms with Crippen molar-refractivity contribution in [2.75, 3.05) is 13.6 Å². The Balaban J connectivity index is 1.76. The first-order valence-corrected chi connectivity index (χ1v) is 7.20. The molecule has 1 aliphatic heterocycles. The highest BCUT2D eigenvalue weighted by atomic mass is 16.2. The van der Waals surface area contributed by atoms with Gasteiger partial charge in [0.2, 0.25) is 5.91 Å². The van der Waals surface area contributed by atoms with E-state index >= 15 is 0 Å². The van der Waals surface area contributed by atoms with Gasteiger partial charge in [-0.25, -0.2) is 0 Å². The van der Waals surface area contributed by atoms with Crippen molar-refractivity contribution < 1.29 is 4.79 Å². The van der Waals surface area contributed by atoms with Crippen molar-refractivity contribution in [3.05, 3.63) is 0 Å². The number of nitrogens with zero attached hydrogens (tertiary/aromatic N) is 1. The second-order valence-corrected chi connectivity index (χ2v) is 6.22. The third kappa shape index (κ3) is 1.88. The van der Waals surface area contributed by atoms with E-state index in [-0.39, 0.29) is 6.04 Å². The van der Waals surface area contributed by atoms with Crippen LogP contribution in [0.5, 0.6) is 0 Å². The van der Waals surface area contributed by atoms with Gasteiger partial charge in [0.05, 0.1) is 6.04 Å². The summed E-state index contributed by atoms with van der Waals surface area (Å²) in [5.74, 6) is 2.66. The summed E-state index contributed by atoms with van der Waals surface area (Å²) in [5.41, 5.74) is 0. The van der Waals surface area contributed by atoms with E-state index in [0.717, 1.165) is 18.4 Å². The SMILES string of the molecule is CNC1C(=O)N(C2CCC3CC32)CCCC1C. The number of fused-ring (bicyclic) bond motifs is 1. The molecule has 3 heteroatoms. The molecule has 5 unspecified atom stereocenters. The van der Waals surface area contributed by atoms with Gasteiger partial charge in [0.25, 0.3) is 0 Å². The molecule has 3 nitrogen and oxygen atoms in total. The van der Waals surface area contributed by atoms with E-state index in [1.54, 1.807) is 0 Å². The van der Waals surface area contributed by atoms with E-state index in [9.17, 15) is 4.79 Å². The number of hydrogen-bond donors (Lipinski definition) is 1. The van der Waals surface area contributed by atoms with Crippen LogP contribution in [-0.4, -0.2) is 36.5 Å². The van der Waals surface area contributed by atoms with E-state index in [0.29, 0.717) is 17.9 Å². The van der Waals surface area contributed by atoms with Crippen LogP contribution >= 0.6 is 0 Å². The number of nitrogens with one attached hydrogen (secondary N) is 1. The molecule has 0 aromatic rings. The molecule has 96 valence electrons. The first-order chi connectivity index (χ1) is 8.22. The summed E-state index contributed by atoms with van der Waals surface area (Å²) in [7, 11) is 1.93. The van der Waals surface area contributed by atoms with Crippen LogP contribution in [0.2, 0.25) is 0 Å². The normalized spacial score (nSPS) is 45.6. The lowest BCUT2D eigenvalue weighted by atomic mass is 9.97. The van der Waals surface area contributed by atoms with Gasteiger partial charge in [-0.1, -0.05) is 6.92 Å². The third-order valence-corrected chi connectivity index (χ3v) is 5.19. The molecule has 0 aromatic carbocycles. The van der Waals surface area contributed by atoms with Gasteiger partial charge < -0.3 is 10.2 Å². The average molecular weight is 236 g/mol. The molecule has 0 aromatic heterocycles. The zero-order valence-corrected chi connectivity index (χ0v) is 11.0. The molecular formula is C14H24N2O. The minimum atomic E-state index is 0.0512. The van der Waals surface area contributed by atoms with Gasteiger partial charge >= 0.3 is 0 Å². The van der Waals surface area contributed by atoms with E-state index in [1.807, 2.05) is 7.05 Å². The van der Waals surface area contributed by atoms with E-state index < -0.39 is 0 Å². The Morgan fingerprint density at radius 1 is 1.29 bits per heavy atom. The first kappa shape index (κ1) is 11.5. The van der Waals surface area contributed by atoms with Gasteiger partial charge in [-0.05, 0) is 56.9 Å². The van der Waals surface area contributed by atoms with Crippen molar-refractivity contribution in [3.8, 4) is 0 Å². The number of amides is 1. The van der Waals surface area contributed by atoms with E-state index in [2.05, 4.69) is 17.1 Å². The lowest BCUT2D eigenvalue weighted by Gasteiger charge is -2.32. The molecule has 5 atom stereocenters. The number of likely N-dealkylation sites (N-methyl/N-ethyl adjacent to an activating group) is 1. The molecular weight excluding hydrogens is 212 g/mol. The smallest absolute Gasteiger partial charge is 0.240 e. The Morgan fingerprint density at radius 3 is 2.71 bits per heavy atom. The highest BCUT2D eigenvalue weighted by Gasteiger charge is 2.51. The minimum Gasteiger partial charge on any atom is -0.338 e. The maximum atomic E-state index is 12.6. The number of carbonyl (C=O) groups excluding carboxylic acids is 1. The zero-order valence-electron chi connectivity index (χ0n) is 11.0. The van der Waals surface area contributed by atoms with Crippen molar-refractivity contribution in [1.82, 2.24) is 10.2 Å². The maximum absolute atomic E-state index is 12.6. The van der Waals surface area contributed by atoms with Crippen LogP contribution < -0.4 is 5.32 Å². The molecule has 3 fully saturated rings. The number of likely N-dealkylation sites (tertiary alicyclic amines) is 1. The standard InChI is InChI=1S/C14H24N2O/c1-9-4-3-7-16(14(17)13(9)15-2)12-6-5-10-8-11(10)12/h9-13,15H,3-8H2,1-2H3.